The topological polar surface area (TPSA) is 146 Å². The first kappa shape index (κ1) is 32.1. The maximum Gasteiger partial charge on any atom is 0.262 e. The molecule has 0 bridgehead atoms. The lowest BCUT2D eigenvalue weighted by molar-refractivity contribution is -0.136. The number of hydrogen-bond donors (Lipinski definition) is 2. The van der Waals surface area contributed by atoms with E-state index < -0.39 is 23.8 Å². The van der Waals surface area contributed by atoms with Gasteiger partial charge in [0.25, 0.3) is 11.8 Å². The number of imide groups is 2. The average molecular weight is 676 g/mol. The minimum absolute atomic E-state index is 0.0973. The number of aromatic nitrogens is 4. The molecule has 3 fully saturated rings. The van der Waals surface area contributed by atoms with Crippen LogP contribution in [-0.4, -0.2) is 99.0 Å². The van der Waals surface area contributed by atoms with E-state index in [4.69, 9.17) is 15.1 Å². The molecule has 2 aromatic carbocycles. The van der Waals surface area contributed by atoms with E-state index in [-0.39, 0.29) is 29.9 Å². The number of piperazine rings is 1. The highest BCUT2D eigenvalue weighted by Gasteiger charge is 2.44. The maximum atomic E-state index is 13.1. The Morgan fingerprint density at radius 2 is 1.72 bits per heavy atom. The molecule has 2 saturated heterocycles. The average Bonchev–Trinajstić information content (AvgIpc) is 3.59. The number of likely N-dealkylation sites (N-methyl/N-ethyl adjacent to an activating group) is 1. The number of piperidine rings is 1. The van der Waals surface area contributed by atoms with Crippen molar-refractivity contribution in [2.24, 2.45) is 5.92 Å². The van der Waals surface area contributed by atoms with Gasteiger partial charge in [-0.2, -0.15) is 5.10 Å². The van der Waals surface area contributed by atoms with E-state index in [1.165, 1.54) is 5.69 Å². The minimum Gasteiger partial charge on any atom is -0.385 e. The van der Waals surface area contributed by atoms with E-state index in [9.17, 15) is 19.2 Å². The SMILES string of the molecule is Cc1nn(C2CC(CCCNc3ccc4c(c3)C(=O)N(C3CCC(=O)NC3=O)C4=O)C2)cc1-c1cnc2cc(N3CCN(C)CC3)ccc2n1. The number of nitrogens with zero attached hydrogens (tertiary/aromatic N) is 7. The van der Waals surface area contributed by atoms with Gasteiger partial charge in [0.05, 0.1) is 45.8 Å². The number of anilines is 2. The first-order chi connectivity index (χ1) is 24.2. The van der Waals surface area contributed by atoms with Crippen molar-refractivity contribution in [1.82, 2.24) is 34.9 Å². The second-order valence-corrected chi connectivity index (χ2v) is 14.1. The molecule has 2 aromatic heterocycles. The molecule has 1 aliphatic carbocycles. The molecule has 13 nitrogen and oxygen atoms in total. The molecule has 1 unspecified atom stereocenters. The summed E-state index contributed by atoms with van der Waals surface area (Å²) < 4.78 is 2.10. The fourth-order valence-electron chi connectivity index (χ4n) is 7.67. The number of hydrogen-bond acceptors (Lipinski definition) is 10. The van der Waals surface area contributed by atoms with Crippen molar-refractivity contribution >= 4 is 46.0 Å². The highest BCUT2D eigenvalue weighted by atomic mass is 16.2. The maximum absolute atomic E-state index is 13.1. The summed E-state index contributed by atoms with van der Waals surface area (Å²) >= 11 is 0. The number of nitrogens with one attached hydrogen (secondary N) is 2. The van der Waals surface area contributed by atoms with E-state index >= 15 is 0 Å². The van der Waals surface area contributed by atoms with E-state index in [2.05, 4.69) is 56.6 Å². The third-order valence-electron chi connectivity index (χ3n) is 10.7. The highest BCUT2D eigenvalue weighted by molar-refractivity contribution is 6.23. The zero-order chi connectivity index (χ0) is 34.5. The Kier molecular flexibility index (Phi) is 8.30. The van der Waals surface area contributed by atoms with Crippen LogP contribution in [0.4, 0.5) is 11.4 Å². The molecule has 50 heavy (non-hydrogen) atoms. The summed E-state index contributed by atoms with van der Waals surface area (Å²) in [4.78, 5) is 65.4. The van der Waals surface area contributed by atoms with Gasteiger partial charge in [-0.05, 0) is 88.4 Å². The Morgan fingerprint density at radius 1 is 0.920 bits per heavy atom. The van der Waals surface area contributed by atoms with Gasteiger partial charge in [0.15, 0.2) is 0 Å². The molecule has 4 aliphatic rings. The summed E-state index contributed by atoms with van der Waals surface area (Å²) in [6.07, 6.45) is 8.42. The quantitative estimate of drug-likeness (QED) is 0.199. The van der Waals surface area contributed by atoms with E-state index in [0.29, 0.717) is 12.0 Å². The van der Waals surface area contributed by atoms with Crippen LogP contribution >= 0.6 is 0 Å². The molecule has 2 N–H and O–H groups in total. The second-order valence-electron chi connectivity index (χ2n) is 14.1. The molecule has 1 atom stereocenters. The Bertz CT molecular complexity index is 2010. The summed E-state index contributed by atoms with van der Waals surface area (Å²) in [6.45, 7) is 6.93. The Labute approximate surface area is 290 Å². The summed E-state index contributed by atoms with van der Waals surface area (Å²) in [7, 11) is 2.16. The fraction of sp³-hybridized carbons (Fsp3) is 0.432. The molecule has 258 valence electrons. The molecule has 5 heterocycles. The number of amides is 4. The van der Waals surface area contributed by atoms with Crippen LogP contribution in [0.2, 0.25) is 0 Å². The van der Waals surface area contributed by atoms with Gasteiger partial charge in [-0.3, -0.25) is 39.1 Å². The normalized spacial score (nSPS) is 22.6. The minimum atomic E-state index is -0.964. The van der Waals surface area contributed by atoms with Gasteiger partial charge in [-0.1, -0.05) is 0 Å². The largest absolute Gasteiger partial charge is 0.385 e. The third kappa shape index (κ3) is 5.99. The number of carbonyl (C=O) groups is 4. The van der Waals surface area contributed by atoms with Crippen molar-refractivity contribution in [3.05, 3.63) is 65.6 Å². The van der Waals surface area contributed by atoms with Crippen molar-refractivity contribution in [1.29, 1.82) is 0 Å². The van der Waals surface area contributed by atoms with Crippen LogP contribution in [0.3, 0.4) is 0 Å². The molecular formula is C37H41N9O4. The lowest BCUT2D eigenvalue weighted by Gasteiger charge is -2.35. The molecule has 8 rings (SSSR count). The van der Waals surface area contributed by atoms with Gasteiger partial charge < -0.3 is 15.1 Å². The number of fused-ring (bicyclic) bond motifs is 2. The zero-order valence-electron chi connectivity index (χ0n) is 28.4. The van der Waals surface area contributed by atoms with Gasteiger partial charge >= 0.3 is 0 Å². The highest BCUT2D eigenvalue weighted by Crippen LogP contribution is 2.41. The smallest absolute Gasteiger partial charge is 0.262 e. The Balaban J connectivity index is 0.823. The van der Waals surface area contributed by atoms with Gasteiger partial charge in [-0.15, -0.1) is 0 Å². The van der Waals surface area contributed by atoms with Crippen molar-refractivity contribution < 1.29 is 19.2 Å². The monoisotopic (exact) mass is 675 g/mol. The van der Waals surface area contributed by atoms with Gasteiger partial charge in [0.1, 0.15) is 6.04 Å². The van der Waals surface area contributed by atoms with Crippen molar-refractivity contribution in [2.75, 3.05) is 50.0 Å². The molecule has 3 aliphatic heterocycles. The van der Waals surface area contributed by atoms with Crippen LogP contribution < -0.4 is 15.5 Å². The number of benzene rings is 2. The predicted octanol–water partition coefficient (Wildman–Crippen LogP) is 3.80. The summed E-state index contributed by atoms with van der Waals surface area (Å²) in [5.74, 6) is -1.37. The van der Waals surface area contributed by atoms with Crippen LogP contribution in [0.5, 0.6) is 0 Å². The van der Waals surface area contributed by atoms with Crippen molar-refractivity contribution in [2.45, 2.75) is 57.5 Å². The Morgan fingerprint density at radius 3 is 2.52 bits per heavy atom. The molecule has 4 amide bonds. The fourth-order valence-corrected chi connectivity index (χ4v) is 7.67. The molecule has 13 heteroatoms. The zero-order valence-corrected chi connectivity index (χ0v) is 28.4. The molecule has 1 saturated carbocycles. The van der Waals surface area contributed by atoms with Crippen LogP contribution in [0, 0.1) is 12.8 Å². The van der Waals surface area contributed by atoms with Crippen LogP contribution in [-0.2, 0) is 9.59 Å². The summed E-state index contributed by atoms with van der Waals surface area (Å²) in [6, 6.07) is 10.9. The van der Waals surface area contributed by atoms with Crippen molar-refractivity contribution in [3.8, 4) is 11.3 Å². The van der Waals surface area contributed by atoms with Gasteiger partial charge in [-0.25, -0.2) is 4.98 Å². The standard InChI is InChI=1S/C37H41N9O4/c1-22-29(32-20-39-31-19-25(6-8-30(31)40-32)44-14-12-43(2)13-15-44)21-45(42-22)26-16-23(17-26)4-3-11-38-24-5-7-27-28(18-24)37(50)46(36(27)49)33-9-10-34(47)41-35(33)48/h5-8,18-21,23,26,33,38H,3-4,9-17H2,1-2H3,(H,41,47,48). The van der Waals surface area contributed by atoms with Crippen LogP contribution in [0.1, 0.15) is 71.0 Å². The summed E-state index contributed by atoms with van der Waals surface area (Å²) in [5, 5.41) is 10.5. The van der Waals surface area contributed by atoms with E-state index in [1.54, 1.807) is 18.2 Å². The lowest BCUT2D eigenvalue weighted by atomic mass is 9.77. The van der Waals surface area contributed by atoms with Crippen molar-refractivity contribution in [3.63, 3.8) is 0 Å². The summed E-state index contributed by atoms with van der Waals surface area (Å²) in [5.41, 5.74) is 7.13. The Hall–Kier alpha value is -5.17. The molecular weight excluding hydrogens is 634 g/mol. The van der Waals surface area contributed by atoms with Crippen LogP contribution in [0.25, 0.3) is 22.3 Å². The third-order valence-corrected chi connectivity index (χ3v) is 10.7. The van der Waals surface area contributed by atoms with E-state index in [0.717, 1.165) is 97.0 Å². The number of aryl methyl sites for hydroxylation is 1. The molecule has 0 radical (unpaired) electrons. The number of carbonyl (C=O) groups excluding carboxylic acids is 4. The van der Waals surface area contributed by atoms with Crippen LogP contribution in [0.15, 0.2) is 48.8 Å². The lowest BCUT2D eigenvalue weighted by Crippen LogP contribution is -2.54. The first-order valence-corrected chi connectivity index (χ1v) is 17.6. The number of rotatable bonds is 9. The predicted molar refractivity (Wildman–Crippen MR) is 188 cm³/mol. The molecule has 0 spiro atoms. The van der Waals surface area contributed by atoms with E-state index in [1.807, 2.05) is 13.1 Å². The molecule has 4 aromatic rings. The van der Waals surface area contributed by atoms with Gasteiger partial charge in [0.2, 0.25) is 11.8 Å². The second kappa shape index (κ2) is 12.9. The van der Waals surface area contributed by atoms with Gasteiger partial charge in [0, 0.05) is 62.3 Å². The first-order valence-electron chi connectivity index (χ1n) is 17.6.